The van der Waals surface area contributed by atoms with Crippen LogP contribution in [0.25, 0.3) is 0 Å². The second kappa shape index (κ2) is 8.92. The number of hydrogen-bond donors (Lipinski definition) is 2. The number of hydrogen-bond acceptors (Lipinski definition) is 3. The van der Waals surface area contributed by atoms with Crippen LogP contribution in [-0.2, 0) is 15.3 Å². The van der Waals surface area contributed by atoms with Gasteiger partial charge in [0.05, 0.1) is 25.5 Å². The van der Waals surface area contributed by atoms with Crippen LogP contribution in [0, 0.1) is 0 Å². The van der Waals surface area contributed by atoms with Crippen LogP contribution in [0.2, 0.25) is 5.02 Å². The molecule has 0 saturated carbocycles. The summed E-state index contributed by atoms with van der Waals surface area (Å²) in [6.45, 7) is 8.74. The number of carbonyl (C=O) groups excluding carboxylic acids is 1. The summed E-state index contributed by atoms with van der Waals surface area (Å²) < 4.78 is 5.40. The first-order valence-corrected chi connectivity index (χ1v) is 9.52. The lowest BCUT2D eigenvalue weighted by Crippen LogP contribution is -3.22. The van der Waals surface area contributed by atoms with E-state index in [4.69, 9.17) is 16.3 Å². The first-order chi connectivity index (χ1) is 11.0. The Morgan fingerprint density at radius 3 is 2.61 bits per heavy atom. The van der Waals surface area contributed by atoms with E-state index >= 15 is 0 Å². The summed E-state index contributed by atoms with van der Waals surface area (Å²) in [5.41, 5.74) is 1.23. The second-order valence-corrected chi connectivity index (χ2v) is 7.92. The minimum atomic E-state index is 0.0420. The van der Waals surface area contributed by atoms with Crippen molar-refractivity contribution >= 4 is 29.3 Å². The van der Waals surface area contributed by atoms with Gasteiger partial charge in [-0.2, -0.15) is 0 Å². The molecule has 1 fully saturated rings. The number of ether oxygens (including phenoxy) is 1. The average Bonchev–Trinajstić information content (AvgIpc) is 2.56. The molecule has 0 aliphatic carbocycles. The molecule has 1 saturated heterocycles. The van der Waals surface area contributed by atoms with E-state index in [1.165, 1.54) is 10.5 Å². The van der Waals surface area contributed by atoms with E-state index in [0.29, 0.717) is 12.3 Å². The van der Waals surface area contributed by atoms with E-state index in [0.717, 1.165) is 37.1 Å². The lowest BCUT2D eigenvalue weighted by atomic mass is 10.0. The second-order valence-electron chi connectivity index (χ2n) is 6.50. The molecule has 128 valence electrons. The molecule has 23 heavy (non-hydrogen) atoms. The van der Waals surface area contributed by atoms with Crippen LogP contribution in [0.5, 0.6) is 0 Å². The third-order valence-electron chi connectivity index (χ3n) is 4.20. The Labute approximate surface area is 147 Å². The number of nitrogens with one attached hydrogen (secondary N) is 2. The zero-order valence-corrected chi connectivity index (χ0v) is 15.4. The van der Waals surface area contributed by atoms with Crippen LogP contribution in [0.1, 0.15) is 19.4 Å². The lowest BCUT2D eigenvalue weighted by Gasteiger charge is -2.37. The van der Waals surface area contributed by atoms with Gasteiger partial charge in [0.2, 0.25) is 5.91 Å². The molecule has 2 rings (SSSR count). The van der Waals surface area contributed by atoms with Crippen molar-refractivity contribution in [3.63, 3.8) is 0 Å². The summed E-state index contributed by atoms with van der Waals surface area (Å²) in [5, 5.41) is 3.81. The Hall–Kier alpha value is -0.750. The fourth-order valence-corrected chi connectivity index (χ4v) is 3.58. The molecule has 1 aliphatic heterocycles. The number of amides is 1. The lowest BCUT2D eigenvalue weighted by molar-refractivity contribution is -0.954. The molecule has 0 atom stereocenters. The highest BCUT2D eigenvalue weighted by atomic mass is 35.5. The Morgan fingerprint density at radius 1 is 1.30 bits per heavy atom. The van der Waals surface area contributed by atoms with Crippen molar-refractivity contribution in [2.45, 2.75) is 25.1 Å². The normalized spacial score (nSPS) is 16.3. The largest absolute Gasteiger partial charge is 0.370 e. The maximum absolute atomic E-state index is 12.0. The van der Waals surface area contributed by atoms with Gasteiger partial charge in [0, 0.05) is 10.8 Å². The van der Waals surface area contributed by atoms with Crippen LogP contribution >= 0.6 is 23.4 Å². The van der Waals surface area contributed by atoms with Gasteiger partial charge < -0.3 is 15.0 Å². The van der Waals surface area contributed by atoms with Gasteiger partial charge in [-0.1, -0.05) is 23.7 Å². The number of quaternary nitrogens is 1. The highest BCUT2D eigenvalue weighted by Crippen LogP contribution is 2.15. The molecule has 1 aromatic carbocycles. The van der Waals surface area contributed by atoms with Crippen molar-refractivity contribution in [2.24, 2.45) is 0 Å². The molecule has 4 nitrogen and oxygen atoms in total. The quantitative estimate of drug-likeness (QED) is 0.775. The minimum Gasteiger partial charge on any atom is -0.370 e. The molecule has 0 radical (unpaired) electrons. The molecule has 1 heterocycles. The summed E-state index contributed by atoms with van der Waals surface area (Å²) in [6, 6.07) is 7.76. The van der Waals surface area contributed by atoms with Gasteiger partial charge in [-0.05, 0) is 31.5 Å². The number of carbonyl (C=O) groups is 1. The van der Waals surface area contributed by atoms with Gasteiger partial charge in [-0.15, -0.1) is 11.8 Å². The van der Waals surface area contributed by atoms with E-state index in [2.05, 4.69) is 19.2 Å². The van der Waals surface area contributed by atoms with Crippen molar-refractivity contribution in [1.29, 1.82) is 0 Å². The molecule has 0 aromatic heterocycles. The first kappa shape index (κ1) is 18.6. The topological polar surface area (TPSA) is 42.8 Å². The monoisotopic (exact) mass is 357 g/mol. The highest BCUT2D eigenvalue weighted by molar-refractivity contribution is 7.99. The van der Waals surface area contributed by atoms with Gasteiger partial charge in [-0.3, -0.25) is 4.79 Å². The summed E-state index contributed by atoms with van der Waals surface area (Å²) in [5.74, 6) is 1.41. The highest BCUT2D eigenvalue weighted by Gasteiger charge is 2.32. The third-order valence-corrected chi connectivity index (χ3v) is 5.45. The molecule has 1 aromatic rings. The molecule has 0 bridgehead atoms. The predicted octanol–water partition coefficient (Wildman–Crippen LogP) is 1.38. The number of morpholine rings is 1. The fourth-order valence-electron chi connectivity index (χ4n) is 2.63. The van der Waals surface area contributed by atoms with Crippen LogP contribution in [-0.4, -0.2) is 50.0 Å². The molecule has 1 aliphatic rings. The molecule has 1 amide bonds. The van der Waals surface area contributed by atoms with Crippen LogP contribution in [0.3, 0.4) is 0 Å². The number of rotatable bonds is 7. The van der Waals surface area contributed by atoms with E-state index in [9.17, 15) is 4.79 Å². The molecule has 2 N–H and O–H groups in total. The number of thioether (sulfide) groups is 1. The van der Waals surface area contributed by atoms with Gasteiger partial charge >= 0.3 is 0 Å². The smallest absolute Gasteiger partial charge is 0.230 e. The van der Waals surface area contributed by atoms with E-state index in [1.54, 1.807) is 11.8 Å². The molecule has 0 unspecified atom stereocenters. The molecule has 0 spiro atoms. The first-order valence-electron chi connectivity index (χ1n) is 7.99. The Morgan fingerprint density at radius 2 is 1.96 bits per heavy atom. The van der Waals surface area contributed by atoms with E-state index in [1.807, 2.05) is 24.3 Å². The maximum atomic E-state index is 12.0. The summed E-state index contributed by atoms with van der Waals surface area (Å²) in [7, 11) is 0. The van der Waals surface area contributed by atoms with Crippen LogP contribution < -0.4 is 10.2 Å². The zero-order valence-electron chi connectivity index (χ0n) is 13.9. The van der Waals surface area contributed by atoms with Crippen molar-refractivity contribution in [2.75, 3.05) is 38.6 Å². The maximum Gasteiger partial charge on any atom is 0.230 e. The van der Waals surface area contributed by atoms with Crippen molar-refractivity contribution < 1.29 is 14.4 Å². The zero-order chi connectivity index (χ0) is 16.7. The Kier molecular flexibility index (Phi) is 7.21. The Balaban J connectivity index is 1.67. The summed E-state index contributed by atoms with van der Waals surface area (Å²) in [6.07, 6.45) is 0. The Bertz CT molecular complexity index is 502. The third kappa shape index (κ3) is 6.34. The van der Waals surface area contributed by atoms with Crippen molar-refractivity contribution in [3.05, 3.63) is 34.9 Å². The summed E-state index contributed by atoms with van der Waals surface area (Å²) >= 11 is 7.49. The van der Waals surface area contributed by atoms with Crippen LogP contribution in [0.4, 0.5) is 0 Å². The number of benzene rings is 1. The molecule has 6 heteroatoms. The molecular weight excluding hydrogens is 332 g/mol. The average molecular weight is 358 g/mol. The summed E-state index contributed by atoms with van der Waals surface area (Å²) in [4.78, 5) is 13.5. The van der Waals surface area contributed by atoms with E-state index < -0.39 is 0 Å². The van der Waals surface area contributed by atoms with Gasteiger partial charge in [-0.25, -0.2) is 0 Å². The fraction of sp³-hybridized carbons (Fsp3) is 0.588. The van der Waals surface area contributed by atoms with Crippen molar-refractivity contribution in [1.82, 2.24) is 5.32 Å². The van der Waals surface area contributed by atoms with Gasteiger partial charge in [0.1, 0.15) is 18.6 Å². The van der Waals surface area contributed by atoms with Gasteiger partial charge in [0.25, 0.3) is 0 Å². The van der Waals surface area contributed by atoms with Crippen LogP contribution in [0.15, 0.2) is 24.3 Å². The van der Waals surface area contributed by atoms with E-state index in [-0.39, 0.29) is 11.4 Å². The van der Waals surface area contributed by atoms with Gasteiger partial charge in [0.15, 0.2) is 0 Å². The SMILES string of the molecule is CC(C)(CNC(=O)CSCc1ccc(Cl)cc1)[NH+]1CCOCC1. The standard InChI is InChI=1S/C17H25ClN2O2S/c1-17(2,20-7-9-22-10-8-20)13-19-16(21)12-23-11-14-3-5-15(18)6-4-14/h3-6H,7-13H2,1-2H3,(H,19,21)/p+1. The number of halogens is 1. The minimum absolute atomic E-state index is 0.0420. The predicted molar refractivity (Wildman–Crippen MR) is 96.2 cm³/mol. The molecular formula is C17H26ClN2O2S+. The van der Waals surface area contributed by atoms with Crippen molar-refractivity contribution in [3.8, 4) is 0 Å².